The molecule has 1 fully saturated rings. The van der Waals surface area contributed by atoms with Crippen LogP contribution in [0.5, 0.6) is 5.75 Å². The van der Waals surface area contributed by atoms with Crippen LogP contribution >= 0.6 is 11.6 Å². The molecule has 1 aromatic carbocycles. The first kappa shape index (κ1) is 14.9. The number of nitrogens with zero attached hydrogens (tertiary/aromatic N) is 2. The molecule has 1 aliphatic rings. The Morgan fingerprint density at radius 1 is 1.45 bits per heavy atom. The van der Waals surface area contributed by atoms with Gasteiger partial charge in [-0.15, -0.1) is 0 Å². The highest BCUT2D eigenvalue weighted by molar-refractivity contribution is 6.32. The van der Waals surface area contributed by atoms with E-state index in [1.165, 1.54) is 0 Å². The van der Waals surface area contributed by atoms with Crippen molar-refractivity contribution in [1.82, 2.24) is 4.90 Å². The maximum absolute atomic E-state index is 8.61. The molecule has 0 saturated carbocycles. The quantitative estimate of drug-likeness (QED) is 0.369. The first-order chi connectivity index (χ1) is 9.70. The molecule has 0 amide bonds. The molecular formula is C13H18ClN3O3. The predicted octanol–water partition coefficient (Wildman–Crippen LogP) is 1.15. The minimum atomic E-state index is 0.0202. The zero-order valence-corrected chi connectivity index (χ0v) is 11.8. The van der Waals surface area contributed by atoms with Crippen LogP contribution in [0.25, 0.3) is 0 Å². The summed E-state index contributed by atoms with van der Waals surface area (Å²) in [7, 11) is 0. The van der Waals surface area contributed by atoms with Gasteiger partial charge in [0.25, 0.3) is 0 Å². The standard InChI is InChI=1S/C13H18ClN3O3/c14-11-9-10(13(15)16-18)1-2-12(11)20-8-5-17-3-6-19-7-4-17/h1-2,9,18H,3-8H2,(H2,15,16). The van der Waals surface area contributed by atoms with Crippen LogP contribution in [0.4, 0.5) is 0 Å². The Kier molecular flexibility index (Phi) is 5.46. The number of rotatable bonds is 5. The molecule has 1 aromatic rings. The first-order valence-electron chi connectivity index (χ1n) is 6.41. The lowest BCUT2D eigenvalue weighted by Gasteiger charge is -2.26. The fourth-order valence-electron chi connectivity index (χ4n) is 1.94. The maximum Gasteiger partial charge on any atom is 0.170 e. The van der Waals surface area contributed by atoms with Crippen molar-refractivity contribution in [1.29, 1.82) is 0 Å². The summed E-state index contributed by atoms with van der Waals surface area (Å²) in [5.41, 5.74) is 6.05. The van der Waals surface area contributed by atoms with E-state index in [1.54, 1.807) is 18.2 Å². The highest BCUT2D eigenvalue weighted by Gasteiger charge is 2.11. The van der Waals surface area contributed by atoms with Crippen LogP contribution in [0.15, 0.2) is 23.4 Å². The van der Waals surface area contributed by atoms with Gasteiger partial charge in [-0.3, -0.25) is 4.90 Å². The van der Waals surface area contributed by atoms with Crippen molar-refractivity contribution in [3.8, 4) is 5.75 Å². The molecule has 3 N–H and O–H groups in total. The third-order valence-electron chi connectivity index (χ3n) is 3.10. The average molecular weight is 300 g/mol. The molecule has 7 heteroatoms. The van der Waals surface area contributed by atoms with Crippen molar-refractivity contribution >= 4 is 17.4 Å². The van der Waals surface area contributed by atoms with Gasteiger partial charge < -0.3 is 20.4 Å². The molecule has 0 aromatic heterocycles. The molecule has 0 radical (unpaired) electrons. The van der Waals surface area contributed by atoms with E-state index in [0.29, 0.717) is 22.9 Å². The molecule has 20 heavy (non-hydrogen) atoms. The number of oxime groups is 1. The molecule has 110 valence electrons. The third kappa shape index (κ3) is 4.00. The zero-order valence-electron chi connectivity index (χ0n) is 11.1. The van der Waals surface area contributed by atoms with E-state index < -0.39 is 0 Å². The van der Waals surface area contributed by atoms with Crippen molar-refractivity contribution in [3.05, 3.63) is 28.8 Å². The second-order valence-corrected chi connectivity index (χ2v) is 4.84. The van der Waals surface area contributed by atoms with Crippen molar-refractivity contribution in [2.24, 2.45) is 10.9 Å². The van der Waals surface area contributed by atoms with Gasteiger partial charge in [-0.2, -0.15) is 0 Å². The molecule has 1 saturated heterocycles. The van der Waals surface area contributed by atoms with Crippen LogP contribution in [0.1, 0.15) is 5.56 Å². The fraction of sp³-hybridized carbons (Fsp3) is 0.462. The maximum atomic E-state index is 8.61. The first-order valence-corrected chi connectivity index (χ1v) is 6.79. The summed E-state index contributed by atoms with van der Waals surface area (Å²) >= 11 is 6.10. The summed E-state index contributed by atoms with van der Waals surface area (Å²) in [6.45, 7) is 4.80. The number of benzene rings is 1. The van der Waals surface area contributed by atoms with Crippen LogP contribution in [-0.2, 0) is 4.74 Å². The lowest BCUT2D eigenvalue weighted by atomic mass is 10.2. The Balaban J connectivity index is 1.86. The summed E-state index contributed by atoms with van der Waals surface area (Å²) in [5.74, 6) is 0.612. The molecule has 0 atom stereocenters. The Hall–Kier alpha value is -1.50. The predicted molar refractivity (Wildman–Crippen MR) is 76.7 cm³/mol. The van der Waals surface area contributed by atoms with E-state index >= 15 is 0 Å². The van der Waals surface area contributed by atoms with E-state index in [2.05, 4.69) is 10.1 Å². The van der Waals surface area contributed by atoms with E-state index in [9.17, 15) is 0 Å². The van der Waals surface area contributed by atoms with Crippen LogP contribution < -0.4 is 10.5 Å². The summed E-state index contributed by atoms with van der Waals surface area (Å²) in [6, 6.07) is 5.03. The van der Waals surface area contributed by atoms with Crippen LogP contribution in [0, 0.1) is 0 Å². The highest BCUT2D eigenvalue weighted by Crippen LogP contribution is 2.25. The smallest absolute Gasteiger partial charge is 0.170 e. The SMILES string of the molecule is NC(=NO)c1ccc(OCCN2CCOCC2)c(Cl)c1. The summed E-state index contributed by atoms with van der Waals surface area (Å²) in [5, 5.41) is 12.0. The largest absolute Gasteiger partial charge is 0.491 e. The van der Waals surface area contributed by atoms with Crippen molar-refractivity contribution < 1.29 is 14.7 Å². The normalized spacial score (nSPS) is 17.1. The van der Waals surface area contributed by atoms with Gasteiger partial charge in [0, 0.05) is 25.2 Å². The molecule has 0 unspecified atom stereocenters. The second kappa shape index (κ2) is 7.33. The van der Waals surface area contributed by atoms with Gasteiger partial charge in [0.1, 0.15) is 12.4 Å². The second-order valence-electron chi connectivity index (χ2n) is 4.43. The van der Waals surface area contributed by atoms with Gasteiger partial charge in [-0.1, -0.05) is 16.8 Å². The number of amidine groups is 1. The minimum Gasteiger partial charge on any atom is -0.491 e. The molecule has 2 rings (SSSR count). The van der Waals surface area contributed by atoms with E-state index in [-0.39, 0.29) is 5.84 Å². The number of hydrogen-bond acceptors (Lipinski definition) is 5. The Labute approximate surface area is 122 Å². The molecule has 6 nitrogen and oxygen atoms in total. The third-order valence-corrected chi connectivity index (χ3v) is 3.40. The molecule has 0 aliphatic carbocycles. The van der Waals surface area contributed by atoms with E-state index in [0.717, 1.165) is 32.8 Å². The van der Waals surface area contributed by atoms with Crippen LogP contribution in [0.3, 0.4) is 0 Å². The topological polar surface area (TPSA) is 80.3 Å². The number of nitrogens with two attached hydrogens (primary N) is 1. The van der Waals surface area contributed by atoms with Gasteiger partial charge in [0.15, 0.2) is 5.84 Å². The number of ether oxygens (including phenoxy) is 2. The van der Waals surface area contributed by atoms with Crippen molar-refractivity contribution in [2.75, 3.05) is 39.5 Å². The van der Waals surface area contributed by atoms with Crippen molar-refractivity contribution in [3.63, 3.8) is 0 Å². The Bertz CT molecular complexity index is 476. The van der Waals surface area contributed by atoms with Gasteiger partial charge in [0.2, 0.25) is 0 Å². The number of morpholine rings is 1. The fourth-order valence-corrected chi connectivity index (χ4v) is 2.18. The molecule has 0 bridgehead atoms. The Morgan fingerprint density at radius 3 is 2.85 bits per heavy atom. The summed E-state index contributed by atoms with van der Waals surface area (Å²) in [4.78, 5) is 2.28. The lowest BCUT2D eigenvalue weighted by molar-refractivity contribution is 0.0322. The zero-order chi connectivity index (χ0) is 14.4. The van der Waals surface area contributed by atoms with Gasteiger partial charge >= 0.3 is 0 Å². The van der Waals surface area contributed by atoms with E-state index in [1.807, 2.05) is 0 Å². The van der Waals surface area contributed by atoms with Gasteiger partial charge in [0.05, 0.1) is 18.2 Å². The molecular weight excluding hydrogens is 282 g/mol. The molecule has 1 heterocycles. The molecule has 1 aliphatic heterocycles. The summed E-state index contributed by atoms with van der Waals surface area (Å²) < 4.78 is 10.9. The van der Waals surface area contributed by atoms with Crippen LogP contribution in [0.2, 0.25) is 5.02 Å². The van der Waals surface area contributed by atoms with Gasteiger partial charge in [-0.25, -0.2) is 0 Å². The monoisotopic (exact) mass is 299 g/mol. The summed E-state index contributed by atoms with van der Waals surface area (Å²) in [6.07, 6.45) is 0. The van der Waals surface area contributed by atoms with Gasteiger partial charge in [-0.05, 0) is 18.2 Å². The average Bonchev–Trinajstić information content (AvgIpc) is 2.49. The minimum absolute atomic E-state index is 0.0202. The highest BCUT2D eigenvalue weighted by atomic mass is 35.5. The number of halogens is 1. The molecule has 0 spiro atoms. The van der Waals surface area contributed by atoms with Crippen LogP contribution in [-0.4, -0.2) is 55.4 Å². The lowest BCUT2D eigenvalue weighted by Crippen LogP contribution is -2.38. The van der Waals surface area contributed by atoms with Crippen molar-refractivity contribution in [2.45, 2.75) is 0 Å². The number of hydrogen-bond donors (Lipinski definition) is 2. The van der Waals surface area contributed by atoms with E-state index in [4.69, 9.17) is 32.0 Å². The Morgan fingerprint density at radius 2 is 2.20 bits per heavy atom.